The Bertz CT molecular complexity index is 1500. The predicted molar refractivity (Wildman–Crippen MR) is 163 cm³/mol. The number of carbonyl (C=O) groups is 4. The Balaban J connectivity index is 1.79. The van der Waals surface area contributed by atoms with Crippen molar-refractivity contribution in [3.63, 3.8) is 0 Å². The third kappa shape index (κ3) is 5.45. The van der Waals surface area contributed by atoms with Crippen LogP contribution >= 0.6 is 0 Å². The lowest BCUT2D eigenvalue weighted by molar-refractivity contribution is -0.363. The Morgan fingerprint density at radius 3 is 2.02 bits per heavy atom. The van der Waals surface area contributed by atoms with Gasteiger partial charge in [0.25, 0.3) is 0 Å². The Kier molecular flexibility index (Phi) is 8.78. The molecule has 3 aliphatic rings. The number of hydrogen-bond donors (Lipinski definition) is 1. The molecule has 1 aliphatic heterocycles. The lowest BCUT2D eigenvalue weighted by Crippen LogP contribution is -2.87. The van der Waals surface area contributed by atoms with Gasteiger partial charge in [-0.25, -0.2) is 4.79 Å². The molecule has 0 unspecified atom stereocenters. The van der Waals surface area contributed by atoms with E-state index >= 15 is 0 Å². The molecule has 2 bridgehead atoms. The summed E-state index contributed by atoms with van der Waals surface area (Å²) < 4.78 is 37.6. The van der Waals surface area contributed by atoms with Crippen LogP contribution in [0, 0.1) is 5.92 Å². The third-order valence-electron chi connectivity index (χ3n) is 9.23. The molecule has 46 heavy (non-hydrogen) atoms. The topological polar surface area (TPSA) is 144 Å². The Morgan fingerprint density at radius 2 is 1.43 bits per heavy atom. The first-order valence-corrected chi connectivity index (χ1v) is 15.3. The molecule has 1 heterocycles. The Morgan fingerprint density at radius 1 is 0.826 bits per heavy atom. The van der Waals surface area contributed by atoms with E-state index < -0.39 is 76.6 Å². The van der Waals surface area contributed by atoms with E-state index in [0.29, 0.717) is 0 Å². The van der Waals surface area contributed by atoms with E-state index in [-0.39, 0.29) is 18.4 Å². The zero-order valence-electron chi connectivity index (χ0n) is 26.8. The van der Waals surface area contributed by atoms with Gasteiger partial charge in [-0.1, -0.05) is 48.5 Å². The maximum atomic E-state index is 13.8. The van der Waals surface area contributed by atoms with Crippen LogP contribution in [0.5, 0.6) is 0 Å². The molecule has 11 heteroatoms. The second kappa shape index (κ2) is 12.2. The molecule has 0 aromatic heterocycles. The number of carbonyl (C=O) groups excluding carboxylic acids is 4. The normalized spacial score (nSPS) is 34.2. The van der Waals surface area contributed by atoms with Crippen molar-refractivity contribution < 1.29 is 52.7 Å². The number of aliphatic hydroxyl groups is 1. The summed E-state index contributed by atoms with van der Waals surface area (Å²) in [6, 6.07) is 17.4. The minimum Gasteiger partial charge on any atom is -0.494 e. The van der Waals surface area contributed by atoms with E-state index in [9.17, 15) is 24.3 Å². The first-order chi connectivity index (χ1) is 21.7. The van der Waals surface area contributed by atoms with Crippen molar-refractivity contribution in [2.45, 2.75) is 101 Å². The van der Waals surface area contributed by atoms with Gasteiger partial charge >= 0.3 is 23.9 Å². The van der Waals surface area contributed by atoms with Crippen LogP contribution in [0.3, 0.4) is 0 Å². The van der Waals surface area contributed by atoms with Gasteiger partial charge in [0.05, 0.1) is 28.9 Å². The van der Waals surface area contributed by atoms with Crippen molar-refractivity contribution in [2.24, 2.45) is 5.92 Å². The summed E-state index contributed by atoms with van der Waals surface area (Å²) in [6.07, 6.45) is -2.21. The van der Waals surface area contributed by atoms with E-state index in [1.807, 2.05) is 30.3 Å². The first-order valence-electron chi connectivity index (χ1n) is 15.3. The van der Waals surface area contributed by atoms with Crippen molar-refractivity contribution in [3.8, 4) is 0 Å². The highest BCUT2D eigenvalue weighted by Gasteiger charge is 2.89. The lowest BCUT2D eigenvalue weighted by atomic mass is 9.51. The van der Waals surface area contributed by atoms with Crippen LogP contribution < -0.4 is 0 Å². The fraction of sp³-hybridized carbons (Fsp3) is 0.486. The molecule has 1 saturated heterocycles. The summed E-state index contributed by atoms with van der Waals surface area (Å²) >= 11 is 0. The molecule has 1 N–H and O–H groups in total. The van der Waals surface area contributed by atoms with Crippen molar-refractivity contribution >= 4 is 30.0 Å². The van der Waals surface area contributed by atoms with Gasteiger partial charge in [0.15, 0.2) is 17.8 Å². The first kappa shape index (κ1) is 33.2. The molecule has 246 valence electrons. The molecule has 3 fully saturated rings. The maximum Gasteiger partial charge on any atom is 0.338 e. The average Bonchev–Trinajstić information content (AvgIpc) is 3.18. The standard InChI is InChI=1S/C35H40O11/c1-21(36)42-28-27-29(43-22(2)37)35(46-32(27,4)5)33(6,40)19-17-26(41-20-18-24-13-9-7-10-14-24)34(35,45-23(3)38)30(28)44-31(39)25-15-11-8-12-16-25/h7-16,18,20,26-30,40H,17,19H2,1-6H3/b20-18+/t26-,27+,28+,29+,30+,33-,34+,35-/m0/s1. The molecule has 2 aliphatic carbocycles. The Hall–Kier alpha value is -4.22. The molecule has 8 atom stereocenters. The van der Waals surface area contributed by atoms with Gasteiger partial charge in [-0.15, -0.1) is 0 Å². The highest BCUT2D eigenvalue weighted by atomic mass is 16.7. The zero-order valence-corrected chi connectivity index (χ0v) is 26.8. The average molecular weight is 637 g/mol. The number of benzene rings is 2. The quantitative estimate of drug-likeness (QED) is 0.253. The van der Waals surface area contributed by atoms with Gasteiger partial charge in [-0.05, 0) is 57.4 Å². The molecule has 11 nitrogen and oxygen atoms in total. The van der Waals surface area contributed by atoms with Crippen molar-refractivity contribution in [2.75, 3.05) is 0 Å². The van der Waals surface area contributed by atoms with Crippen molar-refractivity contribution in [1.29, 1.82) is 0 Å². The second-order valence-electron chi connectivity index (χ2n) is 12.8. The van der Waals surface area contributed by atoms with E-state index in [1.54, 1.807) is 50.3 Å². The van der Waals surface area contributed by atoms with Crippen LogP contribution in [0.25, 0.3) is 6.08 Å². The molecule has 2 aromatic carbocycles. The fourth-order valence-electron chi connectivity index (χ4n) is 7.70. The van der Waals surface area contributed by atoms with Gasteiger partial charge in [0.1, 0.15) is 12.2 Å². The minimum atomic E-state index is -2.21. The molecule has 2 aromatic rings. The number of esters is 4. The highest BCUT2D eigenvalue weighted by Crippen LogP contribution is 2.66. The van der Waals surface area contributed by atoms with Crippen LogP contribution in [0.4, 0.5) is 0 Å². The van der Waals surface area contributed by atoms with E-state index in [0.717, 1.165) is 12.5 Å². The number of fused-ring (bicyclic) bond motifs is 1. The van der Waals surface area contributed by atoms with Gasteiger partial charge in [0, 0.05) is 20.8 Å². The summed E-state index contributed by atoms with van der Waals surface area (Å²) in [5, 5.41) is 12.4. The van der Waals surface area contributed by atoms with Gasteiger partial charge < -0.3 is 33.5 Å². The summed E-state index contributed by atoms with van der Waals surface area (Å²) in [5.74, 6) is -4.06. The fourth-order valence-corrected chi connectivity index (χ4v) is 7.70. The summed E-state index contributed by atoms with van der Waals surface area (Å²) in [6.45, 7) is 8.43. The SMILES string of the molecule is CC(=O)O[C@@H]1[C@@H]2[C@@H](OC(C)=O)[C@@]3(OC2(C)C)[C@@](OC(C)=O)([C@@H](O/C=C/c2ccccc2)CC[C@]3(C)O)[C@@H]1OC(=O)c1ccccc1. The van der Waals surface area contributed by atoms with Crippen LogP contribution in [-0.4, -0.2) is 75.8 Å². The van der Waals surface area contributed by atoms with Crippen molar-refractivity contribution in [3.05, 3.63) is 78.1 Å². The third-order valence-corrected chi connectivity index (χ3v) is 9.23. The number of ether oxygens (including phenoxy) is 6. The van der Waals surface area contributed by atoms with Gasteiger partial charge in [-0.2, -0.15) is 0 Å². The molecular weight excluding hydrogens is 596 g/mol. The smallest absolute Gasteiger partial charge is 0.338 e. The molecule has 0 radical (unpaired) electrons. The lowest BCUT2D eigenvalue weighted by Gasteiger charge is -2.64. The van der Waals surface area contributed by atoms with Crippen molar-refractivity contribution in [1.82, 2.24) is 0 Å². The van der Waals surface area contributed by atoms with Crippen LogP contribution in [0.15, 0.2) is 66.9 Å². The highest BCUT2D eigenvalue weighted by molar-refractivity contribution is 5.89. The summed E-state index contributed by atoms with van der Waals surface area (Å²) in [7, 11) is 0. The minimum absolute atomic E-state index is 0.0536. The molecule has 1 spiro atoms. The predicted octanol–water partition coefficient (Wildman–Crippen LogP) is 4.16. The number of hydrogen-bond acceptors (Lipinski definition) is 11. The number of rotatable bonds is 8. The van der Waals surface area contributed by atoms with Crippen LogP contribution in [0.2, 0.25) is 0 Å². The Labute approximate surface area is 267 Å². The van der Waals surface area contributed by atoms with E-state index in [1.165, 1.54) is 27.0 Å². The molecule has 5 rings (SSSR count). The summed E-state index contributed by atoms with van der Waals surface area (Å²) in [5.41, 5.74) is -6.42. The largest absolute Gasteiger partial charge is 0.494 e. The van der Waals surface area contributed by atoms with Crippen LogP contribution in [-0.2, 0) is 42.8 Å². The summed E-state index contributed by atoms with van der Waals surface area (Å²) in [4.78, 5) is 52.5. The van der Waals surface area contributed by atoms with E-state index in [2.05, 4.69) is 0 Å². The second-order valence-corrected chi connectivity index (χ2v) is 12.8. The van der Waals surface area contributed by atoms with E-state index in [4.69, 9.17) is 28.4 Å². The molecular formula is C35H40O11. The maximum absolute atomic E-state index is 13.8. The molecule has 0 amide bonds. The zero-order chi connectivity index (χ0) is 33.5. The monoisotopic (exact) mass is 636 g/mol. The van der Waals surface area contributed by atoms with Gasteiger partial charge in [-0.3, -0.25) is 14.4 Å². The molecule has 2 saturated carbocycles. The van der Waals surface area contributed by atoms with Gasteiger partial charge in [0.2, 0.25) is 5.60 Å². The van der Waals surface area contributed by atoms with Crippen LogP contribution in [0.1, 0.15) is 70.3 Å².